The van der Waals surface area contributed by atoms with Crippen LogP contribution in [0.1, 0.15) is 47.9 Å². The number of nitrogens with two attached hydrogens (primary N) is 1. The molecule has 0 unspecified atom stereocenters. The Balaban J connectivity index is 1.58. The highest BCUT2D eigenvalue weighted by Gasteiger charge is 2.21. The number of anilines is 2. The normalized spacial score (nSPS) is 12.1. The maximum absolute atomic E-state index is 12.6. The number of nitrogens with one attached hydrogen (secondary N) is 3. The molecule has 0 fully saturated rings. The maximum Gasteiger partial charge on any atom is 0.316 e. The van der Waals surface area contributed by atoms with E-state index in [4.69, 9.17) is 5.73 Å². The number of nitrogens with zero attached hydrogens (tertiary/aromatic N) is 1. The Hall–Kier alpha value is -3.95. The van der Waals surface area contributed by atoms with Gasteiger partial charge in [-0.05, 0) is 80.6 Å². The quantitative estimate of drug-likeness (QED) is 0.231. The van der Waals surface area contributed by atoms with Gasteiger partial charge in [0.2, 0.25) is 5.91 Å². The molecule has 1 heterocycles. The van der Waals surface area contributed by atoms with Crippen LogP contribution in [0.25, 0.3) is 0 Å². The molecule has 0 saturated heterocycles. The predicted molar refractivity (Wildman–Crippen MR) is 145 cm³/mol. The highest BCUT2D eigenvalue weighted by Crippen LogP contribution is 2.27. The minimum Gasteiger partial charge on any atom is -0.506 e. The standard InChI is InChI=1S/C28H35N5O4/c1-17-10-18(2)31-25(11-17)33-26(36)13-19-6-5-7-20(12-19)15-28(3,4)30-16-24(35)21-8-9-23(34)22(14-21)32-27(29)37/h5-12,14,24,30,34-35H,13,15-16H2,1-4H3,(H3,29,32,37)(H,31,33,36)/t24-/m0/s1. The number of aryl methyl sites for hydroxylation is 2. The topological polar surface area (TPSA) is 150 Å². The van der Waals surface area contributed by atoms with Crippen molar-refractivity contribution in [2.75, 3.05) is 17.2 Å². The number of aliphatic hydroxyl groups excluding tert-OH is 1. The number of carbonyl (C=O) groups excluding carboxylic acids is 2. The first kappa shape index (κ1) is 27.6. The van der Waals surface area contributed by atoms with Crippen LogP contribution in [-0.4, -0.2) is 39.2 Å². The van der Waals surface area contributed by atoms with Crippen molar-refractivity contribution in [3.05, 3.63) is 82.5 Å². The van der Waals surface area contributed by atoms with E-state index in [1.807, 2.05) is 64.1 Å². The summed E-state index contributed by atoms with van der Waals surface area (Å²) in [6, 6.07) is 15.3. The summed E-state index contributed by atoms with van der Waals surface area (Å²) < 4.78 is 0. The molecule has 1 atom stereocenters. The average Bonchev–Trinajstić information content (AvgIpc) is 2.78. The number of urea groups is 1. The Morgan fingerprint density at radius 3 is 2.46 bits per heavy atom. The van der Waals surface area contributed by atoms with Crippen molar-refractivity contribution in [3.8, 4) is 5.75 Å². The zero-order valence-electron chi connectivity index (χ0n) is 21.6. The van der Waals surface area contributed by atoms with Crippen LogP contribution >= 0.6 is 0 Å². The van der Waals surface area contributed by atoms with Gasteiger partial charge in [-0.3, -0.25) is 4.79 Å². The van der Waals surface area contributed by atoms with Crippen molar-refractivity contribution in [2.45, 2.75) is 52.2 Å². The van der Waals surface area contributed by atoms with Crippen molar-refractivity contribution >= 4 is 23.4 Å². The number of β-amino-alcohol motifs (C(OH)–C–C–N with tert-alkyl or cyclic N) is 1. The van der Waals surface area contributed by atoms with E-state index < -0.39 is 12.1 Å². The summed E-state index contributed by atoms with van der Waals surface area (Å²) in [5, 5.41) is 29.1. The molecule has 0 aliphatic carbocycles. The largest absolute Gasteiger partial charge is 0.506 e. The Morgan fingerprint density at radius 1 is 1.03 bits per heavy atom. The Labute approximate surface area is 217 Å². The number of aromatic nitrogens is 1. The molecule has 0 bridgehead atoms. The Bertz CT molecular complexity index is 1250. The molecule has 9 heteroatoms. The maximum atomic E-state index is 12.6. The average molecular weight is 506 g/mol. The van der Waals surface area contributed by atoms with Crippen molar-refractivity contribution in [2.24, 2.45) is 5.73 Å². The van der Waals surface area contributed by atoms with E-state index in [0.29, 0.717) is 17.8 Å². The molecule has 37 heavy (non-hydrogen) atoms. The van der Waals surface area contributed by atoms with Gasteiger partial charge in [0, 0.05) is 17.8 Å². The number of amides is 3. The molecular weight excluding hydrogens is 470 g/mol. The minimum atomic E-state index is -0.873. The second-order valence-corrected chi connectivity index (χ2v) is 9.94. The van der Waals surface area contributed by atoms with Crippen LogP contribution < -0.4 is 21.7 Å². The molecule has 2 aromatic carbocycles. The second-order valence-electron chi connectivity index (χ2n) is 9.94. The fourth-order valence-corrected chi connectivity index (χ4v) is 4.18. The molecule has 3 amide bonds. The molecule has 0 radical (unpaired) electrons. The van der Waals surface area contributed by atoms with Crippen LogP contribution in [0.5, 0.6) is 5.75 Å². The summed E-state index contributed by atoms with van der Waals surface area (Å²) in [4.78, 5) is 28.1. The van der Waals surface area contributed by atoms with Gasteiger partial charge < -0.3 is 31.9 Å². The smallest absolute Gasteiger partial charge is 0.316 e. The van der Waals surface area contributed by atoms with Gasteiger partial charge in [-0.15, -0.1) is 0 Å². The van der Waals surface area contributed by atoms with Gasteiger partial charge in [-0.2, -0.15) is 0 Å². The van der Waals surface area contributed by atoms with Gasteiger partial charge in [0.15, 0.2) is 0 Å². The zero-order valence-corrected chi connectivity index (χ0v) is 21.6. The van der Waals surface area contributed by atoms with E-state index in [2.05, 4.69) is 20.9 Å². The molecule has 0 spiro atoms. The Morgan fingerprint density at radius 2 is 1.76 bits per heavy atom. The molecule has 0 aliphatic heterocycles. The molecule has 7 N–H and O–H groups in total. The number of aromatic hydroxyl groups is 1. The third kappa shape index (κ3) is 8.59. The van der Waals surface area contributed by atoms with Crippen molar-refractivity contribution in [3.63, 3.8) is 0 Å². The van der Waals surface area contributed by atoms with Gasteiger partial charge in [0.25, 0.3) is 0 Å². The fraction of sp³-hybridized carbons (Fsp3) is 0.321. The lowest BCUT2D eigenvalue weighted by Crippen LogP contribution is -2.43. The van der Waals surface area contributed by atoms with E-state index >= 15 is 0 Å². The van der Waals surface area contributed by atoms with Crippen LogP contribution in [0.4, 0.5) is 16.3 Å². The number of hydrogen-bond acceptors (Lipinski definition) is 6. The van der Waals surface area contributed by atoms with Gasteiger partial charge in [0.05, 0.1) is 18.2 Å². The van der Waals surface area contributed by atoms with Crippen LogP contribution in [0.2, 0.25) is 0 Å². The number of hydrogen-bond donors (Lipinski definition) is 6. The summed E-state index contributed by atoms with van der Waals surface area (Å²) in [7, 11) is 0. The number of phenols is 1. The molecule has 3 aromatic rings. The monoisotopic (exact) mass is 505 g/mol. The van der Waals surface area contributed by atoms with E-state index in [1.54, 1.807) is 6.07 Å². The van der Waals surface area contributed by atoms with Gasteiger partial charge >= 0.3 is 6.03 Å². The second kappa shape index (κ2) is 11.9. The summed E-state index contributed by atoms with van der Waals surface area (Å²) >= 11 is 0. The number of primary amides is 1. The third-order valence-electron chi connectivity index (χ3n) is 5.80. The summed E-state index contributed by atoms with van der Waals surface area (Å²) in [6.07, 6.45) is 0.0253. The fourth-order valence-electron chi connectivity index (χ4n) is 4.18. The first-order chi connectivity index (χ1) is 17.4. The molecule has 0 aliphatic rings. The summed E-state index contributed by atoms with van der Waals surface area (Å²) in [5.41, 5.74) is 9.27. The first-order valence-electron chi connectivity index (χ1n) is 12.1. The number of carbonyl (C=O) groups is 2. The minimum absolute atomic E-state index is 0.130. The highest BCUT2D eigenvalue weighted by atomic mass is 16.3. The van der Waals surface area contributed by atoms with Crippen LogP contribution in [0.15, 0.2) is 54.6 Å². The van der Waals surface area contributed by atoms with Crippen LogP contribution in [-0.2, 0) is 17.6 Å². The molecule has 9 nitrogen and oxygen atoms in total. The van der Waals surface area contributed by atoms with Crippen molar-refractivity contribution in [1.29, 1.82) is 0 Å². The first-order valence-corrected chi connectivity index (χ1v) is 12.1. The summed E-state index contributed by atoms with van der Waals surface area (Å²) in [6.45, 7) is 8.16. The number of pyridine rings is 1. The van der Waals surface area contributed by atoms with Crippen molar-refractivity contribution in [1.82, 2.24) is 10.3 Å². The van der Waals surface area contributed by atoms with E-state index in [-0.39, 0.29) is 35.8 Å². The van der Waals surface area contributed by atoms with E-state index in [9.17, 15) is 19.8 Å². The number of phenolic OH excluding ortho intramolecular Hbond substituents is 1. The molecular formula is C28H35N5O4. The molecule has 1 aromatic heterocycles. The van der Waals surface area contributed by atoms with Crippen molar-refractivity contribution < 1.29 is 19.8 Å². The van der Waals surface area contributed by atoms with E-state index in [0.717, 1.165) is 22.4 Å². The van der Waals surface area contributed by atoms with Gasteiger partial charge in [-0.25, -0.2) is 9.78 Å². The number of benzene rings is 2. The summed E-state index contributed by atoms with van der Waals surface area (Å²) in [5.74, 6) is 0.282. The number of aliphatic hydroxyl groups is 1. The molecule has 196 valence electrons. The van der Waals surface area contributed by atoms with Crippen LogP contribution in [0, 0.1) is 13.8 Å². The lowest BCUT2D eigenvalue weighted by molar-refractivity contribution is -0.115. The van der Waals surface area contributed by atoms with Crippen LogP contribution in [0.3, 0.4) is 0 Å². The van der Waals surface area contributed by atoms with E-state index in [1.165, 1.54) is 12.1 Å². The lowest BCUT2D eigenvalue weighted by atomic mass is 9.93. The predicted octanol–water partition coefficient (Wildman–Crippen LogP) is 3.72. The zero-order chi connectivity index (χ0) is 27.2. The highest BCUT2D eigenvalue weighted by molar-refractivity contribution is 5.91. The Kier molecular flexibility index (Phi) is 8.86. The third-order valence-corrected chi connectivity index (χ3v) is 5.80. The van der Waals surface area contributed by atoms with Gasteiger partial charge in [-0.1, -0.05) is 30.3 Å². The molecule has 0 saturated carbocycles. The van der Waals surface area contributed by atoms with Gasteiger partial charge in [0.1, 0.15) is 11.6 Å². The molecule has 3 rings (SSSR count). The number of rotatable bonds is 10. The SMILES string of the molecule is Cc1cc(C)nc(NC(=O)Cc2cccc(CC(C)(C)NC[C@H](O)c3ccc(O)c(NC(N)=O)c3)c2)c1. The lowest BCUT2D eigenvalue weighted by Gasteiger charge is -2.28.